The minimum absolute atomic E-state index is 0.189. The Morgan fingerprint density at radius 1 is 1.10 bits per heavy atom. The van der Waals surface area contributed by atoms with E-state index in [0.29, 0.717) is 17.7 Å². The number of methoxy groups -OCH3 is 3. The predicted molar refractivity (Wildman–Crippen MR) is 76.4 cm³/mol. The van der Waals surface area contributed by atoms with Crippen molar-refractivity contribution in [3.63, 3.8) is 0 Å². The molecule has 6 heteroatoms. The number of ether oxygens (including phenoxy) is 3. The maximum atomic E-state index is 5.38. The molecule has 0 aromatic carbocycles. The Morgan fingerprint density at radius 3 is 2.20 bits per heavy atom. The first-order valence-electron chi connectivity index (χ1n) is 6.91. The van der Waals surface area contributed by atoms with E-state index in [2.05, 4.69) is 15.3 Å². The zero-order valence-corrected chi connectivity index (χ0v) is 12.4. The monoisotopic (exact) mass is 281 g/mol. The molecule has 0 atom stereocenters. The summed E-state index contributed by atoms with van der Waals surface area (Å²) in [4.78, 5) is 8.57. The van der Waals surface area contributed by atoms with E-state index in [1.54, 1.807) is 27.4 Å². The maximum absolute atomic E-state index is 5.38. The van der Waals surface area contributed by atoms with Crippen LogP contribution in [0.3, 0.4) is 0 Å². The van der Waals surface area contributed by atoms with Crippen LogP contribution in [-0.2, 0) is 4.74 Å². The van der Waals surface area contributed by atoms with Crippen LogP contribution in [0, 0.1) is 5.41 Å². The highest BCUT2D eigenvalue weighted by atomic mass is 16.5. The van der Waals surface area contributed by atoms with Gasteiger partial charge in [-0.3, -0.25) is 0 Å². The van der Waals surface area contributed by atoms with Crippen molar-refractivity contribution in [3.8, 4) is 11.8 Å². The van der Waals surface area contributed by atoms with Crippen molar-refractivity contribution in [2.24, 2.45) is 5.41 Å². The average molecular weight is 281 g/mol. The van der Waals surface area contributed by atoms with E-state index in [9.17, 15) is 0 Å². The summed E-state index contributed by atoms with van der Waals surface area (Å²) >= 11 is 0. The van der Waals surface area contributed by atoms with Crippen LogP contribution in [-0.4, -0.2) is 44.4 Å². The van der Waals surface area contributed by atoms with Gasteiger partial charge in [0, 0.05) is 19.1 Å². The second-order valence-electron chi connectivity index (χ2n) is 5.27. The average Bonchev–Trinajstić information content (AvgIpc) is 2.94. The molecule has 1 N–H and O–H groups in total. The molecule has 0 bridgehead atoms. The van der Waals surface area contributed by atoms with Crippen molar-refractivity contribution in [1.82, 2.24) is 9.97 Å². The second kappa shape index (κ2) is 6.74. The Kier molecular flexibility index (Phi) is 5.00. The van der Waals surface area contributed by atoms with E-state index in [0.717, 1.165) is 13.2 Å². The summed E-state index contributed by atoms with van der Waals surface area (Å²) in [6.07, 6.45) is 4.87. The number of anilines is 1. The predicted octanol–water partition coefficient (Wildman–Crippen LogP) is 2.11. The number of aromatic nitrogens is 2. The molecule has 1 fully saturated rings. The zero-order valence-electron chi connectivity index (χ0n) is 12.4. The first kappa shape index (κ1) is 14.8. The van der Waals surface area contributed by atoms with Crippen LogP contribution in [0.5, 0.6) is 11.8 Å². The first-order chi connectivity index (χ1) is 9.71. The fourth-order valence-electron chi connectivity index (χ4n) is 2.76. The van der Waals surface area contributed by atoms with Crippen molar-refractivity contribution in [2.45, 2.75) is 25.7 Å². The summed E-state index contributed by atoms with van der Waals surface area (Å²) in [5, 5.41) is 3.30. The third-order valence-electron chi connectivity index (χ3n) is 3.83. The van der Waals surface area contributed by atoms with Gasteiger partial charge >= 0.3 is 0 Å². The van der Waals surface area contributed by atoms with E-state index in [1.807, 2.05) is 0 Å². The van der Waals surface area contributed by atoms with Gasteiger partial charge in [0.1, 0.15) is 0 Å². The van der Waals surface area contributed by atoms with E-state index >= 15 is 0 Å². The lowest BCUT2D eigenvalue weighted by molar-refractivity contribution is 0.0922. The van der Waals surface area contributed by atoms with Crippen LogP contribution in [0.25, 0.3) is 0 Å². The molecular weight excluding hydrogens is 258 g/mol. The molecule has 0 unspecified atom stereocenters. The summed E-state index contributed by atoms with van der Waals surface area (Å²) in [7, 11) is 4.91. The zero-order chi connectivity index (χ0) is 14.4. The minimum Gasteiger partial charge on any atom is -0.481 e. The molecule has 1 aliphatic carbocycles. The smallest absolute Gasteiger partial charge is 0.229 e. The molecule has 0 spiro atoms. The standard InChI is InChI=1S/C14H23N3O3/c1-18-10-14(6-4-5-7-14)9-15-13-16-11(19-2)8-12(17-13)20-3/h8H,4-7,9-10H2,1-3H3,(H,15,16,17). The molecule has 1 aliphatic rings. The Balaban J connectivity index is 2.05. The molecule has 2 rings (SSSR count). The summed E-state index contributed by atoms with van der Waals surface area (Å²) in [5.74, 6) is 1.52. The molecule has 1 aromatic heterocycles. The fraction of sp³-hybridized carbons (Fsp3) is 0.714. The lowest BCUT2D eigenvalue weighted by atomic mass is 9.87. The van der Waals surface area contributed by atoms with Gasteiger partial charge in [0.05, 0.1) is 26.9 Å². The summed E-state index contributed by atoms with van der Waals surface area (Å²) in [6, 6.07) is 1.66. The molecule has 1 heterocycles. The van der Waals surface area contributed by atoms with Gasteiger partial charge in [-0.05, 0) is 12.8 Å². The van der Waals surface area contributed by atoms with Gasteiger partial charge in [0.2, 0.25) is 17.7 Å². The molecule has 0 saturated heterocycles. The fourth-order valence-corrected chi connectivity index (χ4v) is 2.76. The Labute approximate surface area is 119 Å². The molecule has 112 valence electrons. The van der Waals surface area contributed by atoms with E-state index in [1.165, 1.54) is 25.7 Å². The van der Waals surface area contributed by atoms with Gasteiger partial charge in [0.15, 0.2) is 0 Å². The topological polar surface area (TPSA) is 65.5 Å². The van der Waals surface area contributed by atoms with Crippen molar-refractivity contribution in [2.75, 3.05) is 39.8 Å². The lowest BCUT2D eigenvalue weighted by Gasteiger charge is -2.28. The van der Waals surface area contributed by atoms with Crippen molar-refractivity contribution < 1.29 is 14.2 Å². The lowest BCUT2D eigenvalue weighted by Crippen LogP contribution is -2.32. The van der Waals surface area contributed by atoms with E-state index < -0.39 is 0 Å². The van der Waals surface area contributed by atoms with Crippen LogP contribution >= 0.6 is 0 Å². The largest absolute Gasteiger partial charge is 0.481 e. The SMILES string of the molecule is COCC1(CNc2nc(OC)cc(OC)n2)CCCC1. The van der Waals surface area contributed by atoms with Crippen LogP contribution < -0.4 is 14.8 Å². The van der Waals surface area contributed by atoms with Gasteiger partial charge in [0.25, 0.3) is 0 Å². The molecule has 0 amide bonds. The van der Waals surface area contributed by atoms with Crippen molar-refractivity contribution in [1.29, 1.82) is 0 Å². The highest BCUT2D eigenvalue weighted by molar-refractivity contribution is 5.34. The van der Waals surface area contributed by atoms with Gasteiger partial charge < -0.3 is 19.5 Å². The number of hydrogen-bond donors (Lipinski definition) is 1. The van der Waals surface area contributed by atoms with Crippen LogP contribution in [0.4, 0.5) is 5.95 Å². The van der Waals surface area contributed by atoms with Gasteiger partial charge in [-0.25, -0.2) is 0 Å². The minimum atomic E-state index is 0.189. The maximum Gasteiger partial charge on any atom is 0.229 e. The summed E-state index contributed by atoms with van der Waals surface area (Å²) in [6.45, 7) is 1.57. The molecule has 6 nitrogen and oxygen atoms in total. The molecule has 0 aliphatic heterocycles. The quantitative estimate of drug-likeness (QED) is 0.825. The highest BCUT2D eigenvalue weighted by Gasteiger charge is 2.33. The molecule has 20 heavy (non-hydrogen) atoms. The van der Waals surface area contributed by atoms with Gasteiger partial charge in [-0.15, -0.1) is 0 Å². The number of rotatable bonds is 7. The van der Waals surface area contributed by atoms with E-state index in [-0.39, 0.29) is 5.41 Å². The van der Waals surface area contributed by atoms with Crippen LogP contribution in [0.15, 0.2) is 6.07 Å². The highest BCUT2D eigenvalue weighted by Crippen LogP contribution is 2.38. The van der Waals surface area contributed by atoms with Crippen molar-refractivity contribution in [3.05, 3.63) is 6.07 Å². The molecular formula is C14H23N3O3. The molecule has 1 saturated carbocycles. The van der Waals surface area contributed by atoms with Gasteiger partial charge in [-0.1, -0.05) is 12.8 Å². The Hall–Kier alpha value is -1.56. The molecule has 1 aromatic rings. The van der Waals surface area contributed by atoms with Crippen molar-refractivity contribution >= 4 is 5.95 Å². The van der Waals surface area contributed by atoms with E-state index in [4.69, 9.17) is 14.2 Å². The second-order valence-corrected chi connectivity index (χ2v) is 5.27. The third-order valence-corrected chi connectivity index (χ3v) is 3.83. The summed E-state index contributed by atoms with van der Waals surface area (Å²) < 4.78 is 15.7. The number of hydrogen-bond acceptors (Lipinski definition) is 6. The normalized spacial score (nSPS) is 16.9. The Morgan fingerprint density at radius 2 is 1.70 bits per heavy atom. The number of nitrogens with one attached hydrogen (secondary N) is 1. The summed E-state index contributed by atoms with van der Waals surface area (Å²) in [5.41, 5.74) is 0.189. The van der Waals surface area contributed by atoms with Gasteiger partial charge in [-0.2, -0.15) is 9.97 Å². The third kappa shape index (κ3) is 3.50. The molecule has 0 radical (unpaired) electrons. The Bertz CT molecular complexity index is 411. The van der Waals surface area contributed by atoms with Crippen LogP contribution in [0.2, 0.25) is 0 Å². The van der Waals surface area contributed by atoms with Crippen LogP contribution in [0.1, 0.15) is 25.7 Å². The number of nitrogens with zero attached hydrogens (tertiary/aromatic N) is 2. The first-order valence-corrected chi connectivity index (χ1v) is 6.91.